The fourth-order valence-electron chi connectivity index (χ4n) is 5.83. The molecule has 0 unspecified atom stereocenters. The van der Waals surface area contributed by atoms with E-state index in [4.69, 9.17) is 17.0 Å². The first-order chi connectivity index (χ1) is 22.2. The molecule has 4 heteroatoms. The van der Waals surface area contributed by atoms with Gasteiger partial charge in [-0.2, -0.15) is 12.1 Å². The van der Waals surface area contributed by atoms with E-state index in [0.29, 0.717) is 11.8 Å². The number of benzene rings is 4. The minimum atomic E-state index is -0.826. The second-order valence-corrected chi connectivity index (χ2v) is 16.8. The third-order valence-electron chi connectivity index (χ3n) is 8.26. The van der Waals surface area contributed by atoms with Crippen LogP contribution >= 0.6 is 17.0 Å². The first kappa shape index (κ1) is 38.2. The Kier molecular flexibility index (Phi) is 16.3. The van der Waals surface area contributed by atoms with Gasteiger partial charge in [0.15, 0.2) is 0 Å². The summed E-state index contributed by atoms with van der Waals surface area (Å²) < 4.78 is 0. The Morgan fingerprint density at radius 2 is 0.891 bits per heavy atom. The first-order valence-electron chi connectivity index (χ1n) is 16.3. The molecule has 46 heavy (non-hydrogen) atoms. The molecular weight excluding hydrogens is 695 g/mol. The molecule has 0 aromatic heterocycles. The van der Waals surface area contributed by atoms with Crippen molar-refractivity contribution >= 4 is 48.1 Å². The van der Waals surface area contributed by atoms with Gasteiger partial charge in [-0.25, -0.2) is 0 Å². The zero-order valence-electron chi connectivity index (χ0n) is 28.7. The quantitative estimate of drug-likeness (QED) is 0.118. The summed E-state index contributed by atoms with van der Waals surface area (Å²) in [4.78, 5) is 0. The van der Waals surface area contributed by atoms with Crippen molar-refractivity contribution in [2.45, 2.75) is 79.3 Å². The second kappa shape index (κ2) is 19.6. The molecular formula is C42H48Cl2SiZr. The summed E-state index contributed by atoms with van der Waals surface area (Å²) in [5, 5.41) is 5.49. The van der Waals surface area contributed by atoms with Crippen LogP contribution in [0.3, 0.4) is 0 Å². The summed E-state index contributed by atoms with van der Waals surface area (Å²) in [5.74, 6) is 1.16. The van der Waals surface area contributed by atoms with Crippen LogP contribution in [0.5, 0.6) is 0 Å². The number of hydrogen-bond acceptors (Lipinski definition) is 0. The van der Waals surface area contributed by atoms with E-state index < -0.39 is 20.8 Å². The van der Waals surface area contributed by atoms with Gasteiger partial charge in [0, 0.05) is 9.52 Å². The van der Waals surface area contributed by atoms with Crippen LogP contribution in [0.15, 0.2) is 109 Å². The van der Waals surface area contributed by atoms with Crippen LogP contribution in [0, 0.1) is 0 Å². The molecule has 0 fully saturated rings. The fourth-order valence-corrected chi connectivity index (χ4v) is 5.83. The topological polar surface area (TPSA) is 0 Å². The molecule has 0 aliphatic carbocycles. The van der Waals surface area contributed by atoms with Crippen molar-refractivity contribution in [3.8, 4) is 22.3 Å². The van der Waals surface area contributed by atoms with Gasteiger partial charge in [-0.05, 0) is 46.9 Å². The van der Waals surface area contributed by atoms with Crippen LogP contribution in [-0.2, 0) is 33.7 Å². The number of fused-ring (bicyclic) bond motifs is 2. The molecule has 2 radical (unpaired) electrons. The van der Waals surface area contributed by atoms with E-state index in [1.165, 1.54) is 66.1 Å². The molecule has 0 amide bonds. The molecule has 0 heterocycles. The maximum atomic E-state index is 4.93. The van der Waals surface area contributed by atoms with Gasteiger partial charge in [0.25, 0.3) is 0 Å². The molecule has 238 valence electrons. The van der Waals surface area contributed by atoms with Crippen molar-refractivity contribution in [2.24, 2.45) is 0 Å². The molecule has 6 aromatic carbocycles. The summed E-state index contributed by atoms with van der Waals surface area (Å²) in [5.41, 5.74) is 11.2. The number of hydrogen-bond donors (Lipinski definition) is 0. The SMILES string of the molecule is CCc1ccccc1-c1cccc2[cH-]c(C(C)C)cc12.CCc1ccccc1-c1cccc2[cH-]c(C(C)C)cc12.C[Si]C.[Cl][Zr+2][Cl]. The molecule has 0 saturated carbocycles. The van der Waals surface area contributed by atoms with Gasteiger partial charge in [-0.15, -0.1) is 69.1 Å². The standard InChI is InChI=1S/2C20H21.C2H6Si.2ClH.Zr/c2*1-4-15-8-5-6-10-18(15)19-11-7-9-16-12-17(14(2)3)13-20(16)19;1-3-2;;;/h2*5-14H,4H2,1-3H3;1-2H3;2*1H;/q2*-1;;;;+4/p-2. The molecule has 0 N–H and O–H groups in total. The van der Waals surface area contributed by atoms with Crippen LogP contribution in [0.4, 0.5) is 0 Å². The first-order valence-corrected chi connectivity index (χ1v) is 24.7. The molecule has 0 bridgehead atoms. The van der Waals surface area contributed by atoms with Gasteiger partial charge < -0.3 is 0 Å². The summed E-state index contributed by atoms with van der Waals surface area (Å²) in [6.07, 6.45) is 2.15. The van der Waals surface area contributed by atoms with Crippen LogP contribution < -0.4 is 0 Å². The van der Waals surface area contributed by atoms with E-state index >= 15 is 0 Å². The Balaban J connectivity index is 0.000000214. The van der Waals surface area contributed by atoms with E-state index in [1.54, 1.807) is 0 Å². The normalized spacial score (nSPS) is 10.5. The summed E-state index contributed by atoms with van der Waals surface area (Å²) in [6, 6.07) is 40.2. The van der Waals surface area contributed by atoms with Crippen LogP contribution in [0.1, 0.15) is 75.6 Å². The molecule has 6 rings (SSSR count). The van der Waals surface area contributed by atoms with Crippen molar-refractivity contribution in [1.82, 2.24) is 0 Å². The van der Waals surface area contributed by atoms with Gasteiger partial charge in [0.05, 0.1) is 0 Å². The molecule has 0 spiro atoms. The van der Waals surface area contributed by atoms with Crippen molar-refractivity contribution < 1.29 is 20.8 Å². The Bertz CT molecular complexity index is 1640. The molecule has 0 saturated heterocycles. The molecule has 0 aliphatic heterocycles. The predicted molar refractivity (Wildman–Crippen MR) is 206 cm³/mol. The van der Waals surface area contributed by atoms with E-state index in [-0.39, 0.29) is 0 Å². The second-order valence-electron chi connectivity index (χ2n) is 12.1. The van der Waals surface area contributed by atoms with Crippen molar-refractivity contribution in [2.75, 3.05) is 0 Å². The van der Waals surface area contributed by atoms with Crippen LogP contribution in [-0.4, -0.2) is 9.52 Å². The molecule has 0 atom stereocenters. The van der Waals surface area contributed by atoms with E-state index in [1.807, 2.05) is 0 Å². The van der Waals surface area contributed by atoms with Gasteiger partial charge in [0.1, 0.15) is 0 Å². The van der Waals surface area contributed by atoms with Gasteiger partial charge >= 0.3 is 37.9 Å². The fraction of sp³-hybridized carbons (Fsp3) is 0.286. The van der Waals surface area contributed by atoms with Gasteiger partial charge in [-0.3, -0.25) is 0 Å². The Morgan fingerprint density at radius 1 is 0.565 bits per heavy atom. The Hall–Kier alpha value is -2.22. The molecule has 0 aliphatic rings. The predicted octanol–water partition coefficient (Wildman–Crippen LogP) is 14.0. The Morgan fingerprint density at radius 3 is 1.22 bits per heavy atom. The van der Waals surface area contributed by atoms with Crippen LogP contribution in [0.25, 0.3) is 43.8 Å². The number of halogens is 2. The summed E-state index contributed by atoms with van der Waals surface area (Å²) in [6.45, 7) is 17.8. The average molecular weight is 743 g/mol. The molecule has 6 aromatic rings. The average Bonchev–Trinajstić information content (AvgIpc) is 3.71. The van der Waals surface area contributed by atoms with Gasteiger partial charge in [-0.1, -0.05) is 126 Å². The zero-order chi connectivity index (χ0) is 33.6. The monoisotopic (exact) mass is 740 g/mol. The third kappa shape index (κ3) is 9.90. The van der Waals surface area contributed by atoms with Crippen molar-refractivity contribution in [3.05, 3.63) is 131 Å². The van der Waals surface area contributed by atoms with Gasteiger partial charge in [0.2, 0.25) is 0 Å². The van der Waals surface area contributed by atoms with Crippen molar-refractivity contribution in [3.63, 3.8) is 0 Å². The van der Waals surface area contributed by atoms with E-state index in [9.17, 15) is 0 Å². The summed E-state index contributed by atoms with van der Waals surface area (Å²) >= 11 is -0.826. The van der Waals surface area contributed by atoms with Crippen LogP contribution in [0.2, 0.25) is 13.1 Å². The summed E-state index contributed by atoms with van der Waals surface area (Å²) in [7, 11) is 11.0. The number of rotatable bonds is 6. The number of aryl methyl sites for hydroxylation is 2. The third-order valence-corrected chi connectivity index (χ3v) is 8.26. The minimum absolute atomic E-state index is 0.580. The van der Waals surface area contributed by atoms with E-state index in [0.717, 1.165) is 22.4 Å². The van der Waals surface area contributed by atoms with Crippen molar-refractivity contribution in [1.29, 1.82) is 0 Å². The molecule has 0 nitrogen and oxygen atoms in total. The zero-order valence-corrected chi connectivity index (χ0v) is 33.7. The maximum absolute atomic E-state index is 4.93. The Labute approximate surface area is 299 Å². The van der Waals surface area contributed by atoms with E-state index in [2.05, 4.69) is 164 Å².